The van der Waals surface area contributed by atoms with E-state index in [0.717, 1.165) is 11.1 Å². The van der Waals surface area contributed by atoms with E-state index < -0.39 is 6.10 Å². The molecule has 2 rings (SSSR count). The first-order valence-corrected chi connectivity index (χ1v) is 7.70. The first kappa shape index (κ1) is 16.1. The Morgan fingerprint density at radius 1 is 0.905 bits per heavy atom. The lowest BCUT2D eigenvalue weighted by Crippen LogP contribution is -2.10. The van der Waals surface area contributed by atoms with Gasteiger partial charge in [-0.3, -0.25) is 0 Å². The average molecular weight is 303 g/mol. The normalized spacial score (nSPS) is 12.5. The maximum Gasteiger partial charge on any atom is 0.0835 e. The molecular formula is C19H23ClO. The van der Waals surface area contributed by atoms with Crippen molar-refractivity contribution < 1.29 is 5.11 Å². The molecule has 2 heteroatoms. The molecule has 0 aliphatic rings. The molecule has 0 saturated heterocycles. The van der Waals surface area contributed by atoms with E-state index >= 15 is 0 Å². The highest BCUT2D eigenvalue weighted by molar-refractivity contribution is 6.30. The molecule has 1 unspecified atom stereocenters. The molecule has 0 fully saturated rings. The zero-order valence-electron chi connectivity index (χ0n) is 13.4. The van der Waals surface area contributed by atoms with E-state index in [-0.39, 0.29) is 0 Å². The van der Waals surface area contributed by atoms with Crippen LogP contribution in [0.2, 0.25) is 5.02 Å². The number of aliphatic hydroxyl groups excluding tert-OH is 1. The summed E-state index contributed by atoms with van der Waals surface area (Å²) in [5.41, 5.74) is 8.40. The topological polar surface area (TPSA) is 20.2 Å². The minimum absolute atomic E-state index is 0.499. The van der Waals surface area contributed by atoms with Crippen LogP contribution < -0.4 is 0 Å². The summed E-state index contributed by atoms with van der Waals surface area (Å²) >= 11 is 6.03. The standard InChI is InChI=1S/C19H23ClO/c1-11-12(2)14(4)19(15(5)13(11)3)18(21)10-16-7-6-8-17(20)9-16/h6-9,18,21H,10H2,1-5H3. The van der Waals surface area contributed by atoms with Gasteiger partial charge in [-0.25, -0.2) is 0 Å². The second-order valence-electron chi connectivity index (χ2n) is 5.89. The smallest absolute Gasteiger partial charge is 0.0835 e. The molecule has 0 spiro atoms. The summed E-state index contributed by atoms with van der Waals surface area (Å²) in [4.78, 5) is 0. The minimum atomic E-state index is -0.499. The summed E-state index contributed by atoms with van der Waals surface area (Å²) in [5.74, 6) is 0. The molecule has 2 aromatic carbocycles. The summed E-state index contributed by atoms with van der Waals surface area (Å²) in [6.07, 6.45) is 0.0888. The first-order chi connectivity index (χ1) is 9.82. The lowest BCUT2D eigenvalue weighted by molar-refractivity contribution is 0.177. The molecule has 0 aromatic heterocycles. The van der Waals surface area contributed by atoms with Crippen molar-refractivity contribution >= 4 is 11.6 Å². The molecule has 0 radical (unpaired) electrons. The summed E-state index contributed by atoms with van der Waals surface area (Å²) in [6, 6.07) is 7.71. The van der Waals surface area contributed by atoms with E-state index in [1.165, 1.54) is 27.8 Å². The van der Waals surface area contributed by atoms with Crippen molar-refractivity contribution in [1.29, 1.82) is 0 Å². The SMILES string of the molecule is Cc1c(C)c(C)c(C(O)Cc2cccc(Cl)c2)c(C)c1C. The number of rotatable bonds is 3. The van der Waals surface area contributed by atoms with Gasteiger partial charge in [0.05, 0.1) is 6.10 Å². The Kier molecular flexibility index (Phi) is 4.75. The van der Waals surface area contributed by atoms with E-state index in [4.69, 9.17) is 11.6 Å². The Balaban J connectivity index is 2.42. The second kappa shape index (κ2) is 6.21. The predicted octanol–water partition coefficient (Wildman–Crippen LogP) is 5.16. The van der Waals surface area contributed by atoms with Gasteiger partial charge in [0.15, 0.2) is 0 Å². The summed E-state index contributed by atoms with van der Waals surface area (Å²) in [5, 5.41) is 11.4. The fourth-order valence-corrected chi connectivity index (χ4v) is 3.23. The second-order valence-corrected chi connectivity index (χ2v) is 6.32. The quantitative estimate of drug-likeness (QED) is 0.830. The van der Waals surface area contributed by atoms with Crippen LogP contribution in [0.1, 0.15) is 45.0 Å². The largest absolute Gasteiger partial charge is 0.388 e. The predicted molar refractivity (Wildman–Crippen MR) is 90.2 cm³/mol. The van der Waals surface area contributed by atoms with Crippen molar-refractivity contribution in [3.8, 4) is 0 Å². The van der Waals surface area contributed by atoms with Gasteiger partial charge in [0.2, 0.25) is 0 Å². The van der Waals surface area contributed by atoms with E-state index in [0.29, 0.717) is 11.4 Å². The molecule has 0 amide bonds. The van der Waals surface area contributed by atoms with Crippen LogP contribution in [0.5, 0.6) is 0 Å². The van der Waals surface area contributed by atoms with Crippen molar-refractivity contribution in [1.82, 2.24) is 0 Å². The van der Waals surface area contributed by atoms with Gasteiger partial charge in [0.1, 0.15) is 0 Å². The molecule has 1 N–H and O–H groups in total. The van der Waals surface area contributed by atoms with Crippen LogP contribution in [0.15, 0.2) is 24.3 Å². The van der Waals surface area contributed by atoms with Crippen molar-refractivity contribution in [2.45, 2.75) is 47.1 Å². The Bertz CT molecular complexity index is 645. The van der Waals surface area contributed by atoms with Crippen LogP contribution >= 0.6 is 11.6 Å². The molecule has 0 aliphatic heterocycles. The van der Waals surface area contributed by atoms with Gasteiger partial charge in [0.25, 0.3) is 0 Å². The van der Waals surface area contributed by atoms with Crippen LogP contribution in [-0.2, 0) is 6.42 Å². The lowest BCUT2D eigenvalue weighted by Gasteiger charge is -2.22. The maximum absolute atomic E-state index is 10.7. The monoisotopic (exact) mass is 302 g/mol. The number of hydrogen-bond donors (Lipinski definition) is 1. The summed E-state index contributed by atoms with van der Waals surface area (Å²) in [6.45, 7) is 10.6. The van der Waals surface area contributed by atoms with Crippen LogP contribution in [0, 0.1) is 34.6 Å². The molecular weight excluding hydrogens is 280 g/mol. The maximum atomic E-state index is 10.7. The van der Waals surface area contributed by atoms with Crippen LogP contribution in [0.3, 0.4) is 0 Å². The van der Waals surface area contributed by atoms with Gasteiger partial charge < -0.3 is 5.11 Å². The fraction of sp³-hybridized carbons (Fsp3) is 0.368. The van der Waals surface area contributed by atoms with Crippen molar-refractivity contribution in [3.63, 3.8) is 0 Å². The third-order valence-corrected chi connectivity index (χ3v) is 4.94. The summed E-state index contributed by atoms with van der Waals surface area (Å²) < 4.78 is 0. The van der Waals surface area contributed by atoms with Gasteiger partial charge in [0, 0.05) is 11.4 Å². The zero-order chi connectivity index (χ0) is 15.7. The molecule has 1 nitrogen and oxygen atoms in total. The average Bonchev–Trinajstić information content (AvgIpc) is 2.43. The Hall–Kier alpha value is -1.31. The highest BCUT2D eigenvalue weighted by Gasteiger charge is 2.19. The Morgan fingerprint density at radius 3 is 1.95 bits per heavy atom. The van der Waals surface area contributed by atoms with E-state index in [1.54, 1.807) is 0 Å². The van der Waals surface area contributed by atoms with Gasteiger partial charge in [-0.1, -0.05) is 23.7 Å². The van der Waals surface area contributed by atoms with Crippen LogP contribution in [0.4, 0.5) is 0 Å². The van der Waals surface area contributed by atoms with Crippen LogP contribution in [0.25, 0.3) is 0 Å². The third-order valence-electron chi connectivity index (χ3n) is 4.71. The van der Waals surface area contributed by atoms with Gasteiger partial charge in [-0.2, -0.15) is 0 Å². The van der Waals surface area contributed by atoms with E-state index in [2.05, 4.69) is 34.6 Å². The van der Waals surface area contributed by atoms with Crippen molar-refractivity contribution in [3.05, 3.63) is 68.2 Å². The molecule has 0 aliphatic carbocycles. The first-order valence-electron chi connectivity index (χ1n) is 7.32. The van der Waals surface area contributed by atoms with Gasteiger partial charge in [-0.05, 0) is 85.7 Å². The number of aliphatic hydroxyl groups is 1. The van der Waals surface area contributed by atoms with Crippen LogP contribution in [-0.4, -0.2) is 5.11 Å². The summed E-state index contributed by atoms with van der Waals surface area (Å²) in [7, 11) is 0. The van der Waals surface area contributed by atoms with Gasteiger partial charge >= 0.3 is 0 Å². The van der Waals surface area contributed by atoms with E-state index in [1.807, 2.05) is 24.3 Å². The molecule has 0 saturated carbocycles. The Labute approximate surface area is 132 Å². The fourth-order valence-electron chi connectivity index (χ4n) is 3.02. The molecule has 112 valence electrons. The zero-order valence-corrected chi connectivity index (χ0v) is 14.2. The molecule has 1 atom stereocenters. The lowest BCUT2D eigenvalue weighted by atomic mass is 9.85. The molecule has 2 aromatic rings. The highest BCUT2D eigenvalue weighted by Crippen LogP contribution is 2.32. The molecule has 0 heterocycles. The van der Waals surface area contributed by atoms with Gasteiger partial charge in [-0.15, -0.1) is 0 Å². The molecule has 21 heavy (non-hydrogen) atoms. The Morgan fingerprint density at radius 2 is 1.43 bits per heavy atom. The number of halogens is 1. The minimum Gasteiger partial charge on any atom is -0.388 e. The molecule has 0 bridgehead atoms. The number of hydrogen-bond acceptors (Lipinski definition) is 1. The third kappa shape index (κ3) is 3.14. The van der Waals surface area contributed by atoms with Crippen molar-refractivity contribution in [2.24, 2.45) is 0 Å². The number of benzene rings is 2. The van der Waals surface area contributed by atoms with E-state index in [9.17, 15) is 5.11 Å². The highest BCUT2D eigenvalue weighted by atomic mass is 35.5. The van der Waals surface area contributed by atoms with Crippen molar-refractivity contribution in [2.75, 3.05) is 0 Å².